The molecule has 0 spiro atoms. The van der Waals surface area contributed by atoms with Crippen LogP contribution in [0.1, 0.15) is 26.2 Å². The van der Waals surface area contributed by atoms with Crippen molar-refractivity contribution in [2.75, 3.05) is 0 Å². The summed E-state index contributed by atoms with van der Waals surface area (Å²) in [7, 11) is 0. The molecule has 0 saturated heterocycles. The van der Waals surface area contributed by atoms with Crippen LogP contribution in [-0.2, 0) is 0 Å². The second-order valence-electron chi connectivity index (χ2n) is 3.45. The SMILES string of the molecule is CCC1C[C@H]2C=C[C@H]1C2. The van der Waals surface area contributed by atoms with Gasteiger partial charge < -0.3 is 0 Å². The summed E-state index contributed by atoms with van der Waals surface area (Å²) in [6.45, 7) is 2.32. The third kappa shape index (κ3) is 0.726. The zero-order chi connectivity index (χ0) is 6.27. The molecule has 2 aliphatic rings. The maximum atomic E-state index is 2.43. The predicted molar refractivity (Wildman–Crippen MR) is 39.1 cm³/mol. The van der Waals surface area contributed by atoms with Crippen LogP contribution >= 0.6 is 0 Å². The molecule has 0 aromatic carbocycles. The van der Waals surface area contributed by atoms with Gasteiger partial charge in [0.15, 0.2) is 0 Å². The maximum Gasteiger partial charge on any atom is -0.0199 e. The van der Waals surface area contributed by atoms with E-state index in [1.54, 1.807) is 0 Å². The van der Waals surface area contributed by atoms with E-state index >= 15 is 0 Å². The highest BCUT2D eigenvalue weighted by Gasteiger charge is 2.33. The average Bonchev–Trinajstić information content (AvgIpc) is 2.45. The fraction of sp³-hybridized carbons (Fsp3) is 0.778. The van der Waals surface area contributed by atoms with Crippen LogP contribution in [0.2, 0.25) is 0 Å². The Bertz CT molecular complexity index is 135. The van der Waals surface area contributed by atoms with Crippen molar-refractivity contribution in [2.24, 2.45) is 17.8 Å². The molecule has 1 unspecified atom stereocenters. The van der Waals surface area contributed by atoms with Gasteiger partial charge in [-0.15, -0.1) is 0 Å². The van der Waals surface area contributed by atoms with Crippen LogP contribution in [0.5, 0.6) is 0 Å². The fourth-order valence-corrected chi connectivity index (χ4v) is 2.36. The van der Waals surface area contributed by atoms with E-state index in [4.69, 9.17) is 0 Å². The van der Waals surface area contributed by atoms with Gasteiger partial charge in [0.05, 0.1) is 0 Å². The van der Waals surface area contributed by atoms with E-state index in [0.29, 0.717) is 0 Å². The second kappa shape index (κ2) is 1.86. The predicted octanol–water partition coefficient (Wildman–Crippen LogP) is 2.61. The third-order valence-electron chi connectivity index (χ3n) is 2.94. The first-order valence-corrected chi connectivity index (χ1v) is 4.08. The first-order chi connectivity index (χ1) is 4.40. The molecule has 0 nitrogen and oxygen atoms in total. The Morgan fingerprint density at radius 2 is 2.22 bits per heavy atom. The van der Waals surface area contributed by atoms with Crippen molar-refractivity contribution in [2.45, 2.75) is 26.2 Å². The first-order valence-electron chi connectivity index (χ1n) is 4.08. The van der Waals surface area contributed by atoms with Crippen LogP contribution in [0.25, 0.3) is 0 Å². The summed E-state index contributed by atoms with van der Waals surface area (Å²) >= 11 is 0. The fourth-order valence-electron chi connectivity index (χ4n) is 2.36. The van der Waals surface area contributed by atoms with Gasteiger partial charge in [-0.2, -0.15) is 0 Å². The summed E-state index contributed by atoms with van der Waals surface area (Å²) in [6.07, 6.45) is 9.20. The van der Waals surface area contributed by atoms with Crippen molar-refractivity contribution in [3.63, 3.8) is 0 Å². The van der Waals surface area contributed by atoms with E-state index in [1.165, 1.54) is 19.3 Å². The Labute approximate surface area is 57.0 Å². The molecular formula is C9H14. The molecule has 3 atom stereocenters. The first kappa shape index (κ1) is 5.52. The van der Waals surface area contributed by atoms with Crippen molar-refractivity contribution >= 4 is 0 Å². The molecule has 2 bridgehead atoms. The van der Waals surface area contributed by atoms with Gasteiger partial charge in [-0.05, 0) is 30.6 Å². The molecule has 0 heterocycles. The molecule has 0 heteroatoms. The van der Waals surface area contributed by atoms with E-state index in [-0.39, 0.29) is 0 Å². The van der Waals surface area contributed by atoms with Crippen LogP contribution in [0.4, 0.5) is 0 Å². The highest BCUT2D eigenvalue weighted by atomic mass is 14.4. The van der Waals surface area contributed by atoms with Crippen LogP contribution in [0.15, 0.2) is 12.2 Å². The summed E-state index contributed by atoms with van der Waals surface area (Å²) in [6, 6.07) is 0. The lowest BCUT2D eigenvalue weighted by Crippen LogP contribution is -2.04. The highest BCUT2D eigenvalue weighted by Crippen LogP contribution is 2.44. The van der Waals surface area contributed by atoms with E-state index in [2.05, 4.69) is 19.1 Å². The topological polar surface area (TPSA) is 0 Å². The maximum absolute atomic E-state index is 2.43. The molecule has 0 radical (unpaired) electrons. The molecule has 1 saturated carbocycles. The number of hydrogen-bond donors (Lipinski definition) is 0. The minimum Gasteiger partial charge on any atom is -0.0851 e. The standard InChI is InChI=1S/C9H14/c1-2-8-5-7-3-4-9(8)6-7/h3-4,7-9H,2,5-6H2,1H3/t7-,8?,9+/m1/s1. The molecule has 0 aliphatic heterocycles. The zero-order valence-corrected chi connectivity index (χ0v) is 6.01. The Balaban J connectivity index is 2.10. The van der Waals surface area contributed by atoms with Crippen LogP contribution in [0, 0.1) is 17.8 Å². The smallest absolute Gasteiger partial charge is 0.0199 e. The normalized spacial score (nSPS) is 46.6. The number of rotatable bonds is 1. The van der Waals surface area contributed by atoms with Crippen molar-refractivity contribution in [3.05, 3.63) is 12.2 Å². The highest BCUT2D eigenvalue weighted by molar-refractivity contribution is 5.09. The molecule has 1 fully saturated rings. The summed E-state index contributed by atoms with van der Waals surface area (Å²) in [5.41, 5.74) is 0. The van der Waals surface area contributed by atoms with Gasteiger partial charge >= 0.3 is 0 Å². The van der Waals surface area contributed by atoms with Gasteiger partial charge in [0.25, 0.3) is 0 Å². The lowest BCUT2D eigenvalue weighted by Gasteiger charge is -2.14. The van der Waals surface area contributed by atoms with E-state index in [1.807, 2.05) is 0 Å². The van der Waals surface area contributed by atoms with Gasteiger partial charge in [-0.25, -0.2) is 0 Å². The summed E-state index contributed by atoms with van der Waals surface area (Å²) in [4.78, 5) is 0. The summed E-state index contributed by atoms with van der Waals surface area (Å²) < 4.78 is 0. The molecule has 50 valence electrons. The van der Waals surface area contributed by atoms with Crippen molar-refractivity contribution in [1.82, 2.24) is 0 Å². The Kier molecular flexibility index (Phi) is 1.14. The minimum atomic E-state index is 0.972. The lowest BCUT2D eigenvalue weighted by atomic mass is 9.91. The average molecular weight is 122 g/mol. The number of allylic oxidation sites excluding steroid dienone is 2. The minimum absolute atomic E-state index is 0.972. The summed E-state index contributed by atoms with van der Waals surface area (Å²) in [5, 5.41) is 0. The molecule has 2 rings (SSSR count). The largest absolute Gasteiger partial charge is 0.0851 e. The Morgan fingerprint density at radius 3 is 2.56 bits per heavy atom. The van der Waals surface area contributed by atoms with Gasteiger partial charge in [-0.1, -0.05) is 25.5 Å². The Morgan fingerprint density at radius 1 is 1.33 bits per heavy atom. The monoisotopic (exact) mass is 122 g/mol. The van der Waals surface area contributed by atoms with Gasteiger partial charge in [0.2, 0.25) is 0 Å². The van der Waals surface area contributed by atoms with E-state index in [0.717, 1.165) is 17.8 Å². The van der Waals surface area contributed by atoms with Crippen molar-refractivity contribution in [1.29, 1.82) is 0 Å². The van der Waals surface area contributed by atoms with Crippen LogP contribution in [-0.4, -0.2) is 0 Å². The molecule has 0 aromatic heterocycles. The van der Waals surface area contributed by atoms with Gasteiger partial charge in [0, 0.05) is 0 Å². The van der Waals surface area contributed by atoms with Crippen molar-refractivity contribution in [3.8, 4) is 0 Å². The molecule has 0 amide bonds. The van der Waals surface area contributed by atoms with E-state index < -0.39 is 0 Å². The number of fused-ring (bicyclic) bond motifs is 2. The molecular weight excluding hydrogens is 108 g/mol. The summed E-state index contributed by atoms with van der Waals surface area (Å²) in [5.74, 6) is 2.99. The van der Waals surface area contributed by atoms with Gasteiger partial charge in [-0.3, -0.25) is 0 Å². The molecule has 0 N–H and O–H groups in total. The molecule has 2 aliphatic carbocycles. The molecule has 9 heavy (non-hydrogen) atoms. The van der Waals surface area contributed by atoms with Crippen LogP contribution < -0.4 is 0 Å². The van der Waals surface area contributed by atoms with E-state index in [9.17, 15) is 0 Å². The third-order valence-corrected chi connectivity index (χ3v) is 2.94. The van der Waals surface area contributed by atoms with Crippen molar-refractivity contribution < 1.29 is 0 Å². The second-order valence-corrected chi connectivity index (χ2v) is 3.45. The Hall–Kier alpha value is -0.260. The number of hydrogen-bond acceptors (Lipinski definition) is 0. The quantitative estimate of drug-likeness (QED) is 0.469. The van der Waals surface area contributed by atoms with Crippen LogP contribution in [0.3, 0.4) is 0 Å². The molecule has 0 aromatic rings. The lowest BCUT2D eigenvalue weighted by molar-refractivity contribution is 0.434. The zero-order valence-electron chi connectivity index (χ0n) is 6.01. The van der Waals surface area contributed by atoms with Gasteiger partial charge in [0.1, 0.15) is 0 Å².